The highest BCUT2D eigenvalue weighted by molar-refractivity contribution is 5.28. The SMILES string of the molecule is COC1(C(O)Cc2ccc(OC(F)(F)F)cc2)CCCC1. The van der Waals surface area contributed by atoms with Crippen molar-refractivity contribution >= 4 is 0 Å². The second kappa shape index (κ2) is 6.23. The van der Waals surface area contributed by atoms with Crippen LogP contribution in [0.25, 0.3) is 0 Å². The van der Waals surface area contributed by atoms with Gasteiger partial charge >= 0.3 is 6.36 Å². The molecule has 1 aromatic rings. The summed E-state index contributed by atoms with van der Waals surface area (Å²) >= 11 is 0. The lowest BCUT2D eigenvalue weighted by Gasteiger charge is -2.33. The first-order valence-corrected chi connectivity index (χ1v) is 6.92. The van der Waals surface area contributed by atoms with Crippen LogP contribution in [-0.4, -0.2) is 30.3 Å². The molecule has 1 aliphatic rings. The Morgan fingerprint density at radius 3 is 2.24 bits per heavy atom. The Hall–Kier alpha value is -1.27. The molecule has 0 bridgehead atoms. The number of hydrogen-bond acceptors (Lipinski definition) is 3. The summed E-state index contributed by atoms with van der Waals surface area (Å²) in [5, 5.41) is 10.4. The van der Waals surface area contributed by atoms with Crippen molar-refractivity contribution in [1.82, 2.24) is 0 Å². The van der Waals surface area contributed by atoms with Crippen LogP contribution in [0.5, 0.6) is 5.75 Å². The van der Waals surface area contributed by atoms with Gasteiger partial charge in [-0.05, 0) is 30.5 Å². The summed E-state index contributed by atoms with van der Waals surface area (Å²) in [7, 11) is 1.59. The number of rotatable bonds is 5. The Morgan fingerprint density at radius 2 is 1.76 bits per heavy atom. The Kier molecular flexibility index (Phi) is 4.78. The van der Waals surface area contributed by atoms with Gasteiger partial charge in [-0.3, -0.25) is 0 Å². The number of halogens is 3. The van der Waals surface area contributed by atoms with E-state index >= 15 is 0 Å². The predicted molar refractivity (Wildman–Crippen MR) is 71.0 cm³/mol. The molecule has 0 heterocycles. The van der Waals surface area contributed by atoms with Crippen molar-refractivity contribution < 1.29 is 27.8 Å². The molecule has 0 aliphatic heterocycles. The van der Waals surface area contributed by atoms with Crippen LogP contribution in [-0.2, 0) is 11.2 Å². The fourth-order valence-corrected chi connectivity index (χ4v) is 2.88. The Bertz CT molecular complexity index is 450. The monoisotopic (exact) mass is 304 g/mol. The number of aliphatic hydroxyl groups excluding tert-OH is 1. The van der Waals surface area contributed by atoms with Gasteiger partial charge < -0.3 is 14.6 Å². The molecule has 1 saturated carbocycles. The summed E-state index contributed by atoms with van der Waals surface area (Å²) in [6.45, 7) is 0. The van der Waals surface area contributed by atoms with Crippen LogP contribution < -0.4 is 4.74 Å². The van der Waals surface area contributed by atoms with Crippen molar-refractivity contribution in [3.63, 3.8) is 0 Å². The molecular formula is C15H19F3O3. The van der Waals surface area contributed by atoms with E-state index in [0.717, 1.165) is 31.2 Å². The lowest BCUT2D eigenvalue weighted by Crippen LogP contribution is -2.42. The van der Waals surface area contributed by atoms with E-state index in [9.17, 15) is 18.3 Å². The summed E-state index contributed by atoms with van der Waals surface area (Å²) in [5.74, 6) is -0.261. The maximum Gasteiger partial charge on any atom is 0.573 e. The fourth-order valence-electron chi connectivity index (χ4n) is 2.88. The Labute approximate surface area is 121 Å². The van der Waals surface area contributed by atoms with Crippen molar-refractivity contribution in [1.29, 1.82) is 0 Å². The van der Waals surface area contributed by atoms with Gasteiger partial charge in [-0.2, -0.15) is 0 Å². The lowest BCUT2D eigenvalue weighted by molar-refractivity contribution is -0.274. The molecule has 21 heavy (non-hydrogen) atoms. The molecule has 0 spiro atoms. The van der Waals surface area contributed by atoms with E-state index < -0.39 is 18.1 Å². The van der Waals surface area contributed by atoms with Crippen LogP contribution in [0.1, 0.15) is 31.2 Å². The quantitative estimate of drug-likeness (QED) is 0.905. The molecule has 0 aromatic heterocycles. The number of alkyl halides is 3. The first-order valence-electron chi connectivity index (χ1n) is 6.92. The van der Waals surface area contributed by atoms with Gasteiger partial charge in [0.1, 0.15) is 5.75 Å². The van der Waals surface area contributed by atoms with E-state index in [2.05, 4.69) is 4.74 Å². The summed E-state index contributed by atoms with van der Waals surface area (Å²) < 4.78 is 45.5. The van der Waals surface area contributed by atoms with Gasteiger partial charge in [0.05, 0.1) is 11.7 Å². The summed E-state index contributed by atoms with van der Waals surface area (Å²) in [6, 6.07) is 5.57. The largest absolute Gasteiger partial charge is 0.573 e. The highest BCUT2D eigenvalue weighted by Gasteiger charge is 2.40. The van der Waals surface area contributed by atoms with Crippen LogP contribution in [0.3, 0.4) is 0 Å². The molecule has 1 aromatic carbocycles. The zero-order chi connectivity index (χ0) is 15.5. The second-order valence-electron chi connectivity index (χ2n) is 5.39. The number of methoxy groups -OCH3 is 1. The number of aliphatic hydroxyl groups is 1. The topological polar surface area (TPSA) is 38.7 Å². The third-order valence-electron chi connectivity index (χ3n) is 4.05. The maximum atomic E-state index is 12.1. The first-order chi connectivity index (χ1) is 9.85. The molecule has 118 valence electrons. The Balaban J connectivity index is 1.99. The maximum absolute atomic E-state index is 12.1. The normalized spacial score (nSPS) is 19.5. The molecular weight excluding hydrogens is 285 g/mol. The van der Waals surface area contributed by atoms with Crippen molar-refractivity contribution in [3.05, 3.63) is 29.8 Å². The molecule has 1 N–H and O–H groups in total. The van der Waals surface area contributed by atoms with Crippen LogP contribution in [0, 0.1) is 0 Å². The van der Waals surface area contributed by atoms with Crippen LogP contribution >= 0.6 is 0 Å². The third kappa shape index (κ3) is 4.11. The van der Waals surface area contributed by atoms with Crippen molar-refractivity contribution in [3.8, 4) is 5.75 Å². The van der Waals surface area contributed by atoms with Gasteiger partial charge in [0.25, 0.3) is 0 Å². The van der Waals surface area contributed by atoms with Gasteiger partial charge in [-0.25, -0.2) is 0 Å². The summed E-state index contributed by atoms with van der Waals surface area (Å²) in [4.78, 5) is 0. The number of ether oxygens (including phenoxy) is 2. The van der Waals surface area contributed by atoms with Crippen molar-refractivity contribution in [2.75, 3.05) is 7.11 Å². The molecule has 1 aliphatic carbocycles. The minimum absolute atomic E-state index is 0.261. The van der Waals surface area contributed by atoms with Crippen LogP contribution in [0.15, 0.2) is 24.3 Å². The van der Waals surface area contributed by atoms with Crippen LogP contribution in [0.2, 0.25) is 0 Å². The van der Waals surface area contributed by atoms with Gasteiger partial charge in [0, 0.05) is 13.5 Å². The molecule has 0 amide bonds. The zero-order valence-corrected chi connectivity index (χ0v) is 11.8. The number of benzene rings is 1. The molecule has 1 fully saturated rings. The molecule has 6 heteroatoms. The second-order valence-corrected chi connectivity index (χ2v) is 5.39. The van der Waals surface area contributed by atoms with Crippen molar-refractivity contribution in [2.24, 2.45) is 0 Å². The average Bonchev–Trinajstić information content (AvgIpc) is 2.89. The summed E-state index contributed by atoms with van der Waals surface area (Å²) in [5.41, 5.74) is 0.224. The van der Waals surface area contributed by atoms with Gasteiger partial charge in [0.15, 0.2) is 0 Å². The fraction of sp³-hybridized carbons (Fsp3) is 0.600. The third-order valence-corrected chi connectivity index (χ3v) is 4.05. The average molecular weight is 304 g/mol. The lowest BCUT2D eigenvalue weighted by atomic mass is 9.90. The predicted octanol–water partition coefficient (Wildman–Crippen LogP) is 3.45. The van der Waals surface area contributed by atoms with E-state index in [4.69, 9.17) is 4.74 Å². The van der Waals surface area contributed by atoms with Gasteiger partial charge in [-0.15, -0.1) is 13.2 Å². The van der Waals surface area contributed by atoms with Crippen LogP contribution in [0.4, 0.5) is 13.2 Å². The van der Waals surface area contributed by atoms with E-state index in [0.29, 0.717) is 6.42 Å². The minimum atomic E-state index is -4.69. The molecule has 1 unspecified atom stereocenters. The van der Waals surface area contributed by atoms with Gasteiger partial charge in [0.2, 0.25) is 0 Å². The smallest absolute Gasteiger partial charge is 0.406 e. The van der Waals surface area contributed by atoms with E-state index in [1.165, 1.54) is 24.3 Å². The number of hydrogen-bond donors (Lipinski definition) is 1. The van der Waals surface area contributed by atoms with Crippen molar-refractivity contribution in [2.45, 2.75) is 50.2 Å². The Morgan fingerprint density at radius 1 is 1.19 bits per heavy atom. The standard InChI is InChI=1S/C15H19F3O3/c1-20-14(8-2-3-9-14)13(19)10-11-4-6-12(7-5-11)21-15(16,17)18/h4-7,13,19H,2-3,8-10H2,1H3. The molecule has 1 atom stereocenters. The summed E-state index contributed by atoms with van der Waals surface area (Å²) in [6.07, 6.45) is -1.36. The van der Waals surface area contributed by atoms with E-state index in [1.807, 2.05) is 0 Å². The van der Waals surface area contributed by atoms with E-state index in [1.54, 1.807) is 7.11 Å². The van der Waals surface area contributed by atoms with Gasteiger partial charge in [-0.1, -0.05) is 25.0 Å². The highest BCUT2D eigenvalue weighted by Crippen LogP contribution is 2.37. The molecule has 0 radical (unpaired) electrons. The molecule has 3 nitrogen and oxygen atoms in total. The van der Waals surface area contributed by atoms with E-state index in [-0.39, 0.29) is 5.75 Å². The minimum Gasteiger partial charge on any atom is -0.406 e. The molecule has 0 saturated heterocycles. The first kappa shape index (κ1) is 16.1. The zero-order valence-electron chi connectivity index (χ0n) is 11.8. The molecule has 2 rings (SSSR count). The highest BCUT2D eigenvalue weighted by atomic mass is 19.4.